The Morgan fingerprint density at radius 2 is 1.81 bits per heavy atom. The molecule has 8 nitrogen and oxygen atoms in total. The first-order chi connectivity index (χ1) is 17.5. The maximum absolute atomic E-state index is 13.7. The van der Waals surface area contributed by atoms with Crippen LogP contribution in [0.3, 0.4) is 0 Å². The molecule has 3 N–H and O–H groups in total. The Kier molecular flexibility index (Phi) is 7.11. The molecule has 2 aliphatic heterocycles. The van der Waals surface area contributed by atoms with Crippen molar-refractivity contribution in [2.45, 2.75) is 50.6 Å². The number of amides is 3. The van der Waals surface area contributed by atoms with E-state index in [0.29, 0.717) is 19.4 Å². The predicted octanol–water partition coefficient (Wildman–Crippen LogP) is 4.07. The van der Waals surface area contributed by atoms with Gasteiger partial charge in [-0.15, -0.1) is 0 Å². The number of para-hydroxylation sites is 1. The quantitative estimate of drug-likeness (QED) is 0.222. The van der Waals surface area contributed by atoms with Gasteiger partial charge in [0.15, 0.2) is 0 Å². The van der Waals surface area contributed by atoms with Gasteiger partial charge in [0, 0.05) is 40.5 Å². The summed E-state index contributed by atoms with van der Waals surface area (Å²) >= 11 is 3.50. The molecule has 1 fully saturated rings. The van der Waals surface area contributed by atoms with E-state index in [1.165, 1.54) is 0 Å². The highest BCUT2D eigenvalue weighted by molar-refractivity contribution is 9.10. The molecule has 2 aromatic carbocycles. The number of aromatic amines is 1. The minimum absolute atomic E-state index is 0.00713. The summed E-state index contributed by atoms with van der Waals surface area (Å²) in [5.74, 6) is -0.440. The van der Waals surface area contributed by atoms with E-state index in [0.717, 1.165) is 51.5 Å². The number of hydrogen-bond donors (Lipinski definition) is 3. The highest BCUT2D eigenvalue weighted by atomic mass is 79.9. The van der Waals surface area contributed by atoms with Gasteiger partial charge < -0.3 is 14.8 Å². The standard InChI is InChI=1S/C27H29BrN4O4/c28-18-12-10-17(11-13-18)26-25-20(19-7-4-5-8-21(19)29-25)15-22-27(35)31(16-24(34)32(22)26)14-6-2-1-3-9-23(33)30-36/h4-5,7-8,10-13,22,26,29,36H,1-3,6,9,14-16H2,(H,30,33)/t22-,26-/m1/s1. The maximum atomic E-state index is 13.7. The Labute approximate surface area is 217 Å². The first-order valence-electron chi connectivity index (χ1n) is 12.4. The van der Waals surface area contributed by atoms with Crippen LogP contribution in [0, 0.1) is 0 Å². The molecule has 0 bridgehead atoms. The highest BCUT2D eigenvalue weighted by Gasteiger charge is 2.48. The molecule has 0 unspecified atom stereocenters. The van der Waals surface area contributed by atoms with Crippen LogP contribution in [0.15, 0.2) is 53.0 Å². The lowest BCUT2D eigenvalue weighted by Crippen LogP contribution is -2.63. The number of carbonyl (C=O) groups is 3. The molecule has 3 amide bonds. The number of halogens is 1. The first kappa shape index (κ1) is 24.5. The molecule has 0 aliphatic carbocycles. The number of unbranched alkanes of at least 4 members (excludes halogenated alkanes) is 3. The smallest absolute Gasteiger partial charge is 0.246 e. The summed E-state index contributed by atoms with van der Waals surface area (Å²) in [6.45, 7) is 0.593. The summed E-state index contributed by atoms with van der Waals surface area (Å²) in [6.07, 6.45) is 3.88. The van der Waals surface area contributed by atoms with E-state index in [9.17, 15) is 14.4 Å². The van der Waals surface area contributed by atoms with Crippen LogP contribution >= 0.6 is 15.9 Å². The molecule has 0 saturated carbocycles. The van der Waals surface area contributed by atoms with Crippen molar-refractivity contribution in [2.24, 2.45) is 0 Å². The molecule has 0 radical (unpaired) electrons. The van der Waals surface area contributed by atoms with Gasteiger partial charge in [0.2, 0.25) is 17.7 Å². The van der Waals surface area contributed by atoms with Crippen molar-refractivity contribution in [1.82, 2.24) is 20.3 Å². The number of benzene rings is 2. The van der Waals surface area contributed by atoms with E-state index in [2.05, 4.69) is 27.0 Å². The zero-order valence-electron chi connectivity index (χ0n) is 19.9. The molecule has 5 rings (SSSR count). The number of rotatable bonds is 8. The maximum Gasteiger partial charge on any atom is 0.246 e. The number of hydroxylamine groups is 1. The van der Waals surface area contributed by atoms with E-state index < -0.39 is 6.04 Å². The molecular formula is C27H29BrN4O4. The summed E-state index contributed by atoms with van der Waals surface area (Å²) in [4.78, 5) is 45.4. The lowest BCUT2D eigenvalue weighted by atomic mass is 9.86. The summed E-state index contributed by atoms with van der Waals surface area (Å²) < 4.78 is 0.958. The van der Waals surface area contributed by atoms with Crippen LogP contribution in [0.2, 0.25) is 0 Å². The second-order valence-electron chi connectivity index (χ2n) is 9.50. The number of carbonyl (C=O) groups excluding carboxylic acids is 3. The number of hydrogen-bond acceptors (Lipinski definition) is 4. The Morgan fingerprint density at radius 1 is 1.06 bits per heavy atom. The molecule has 2 atom stereocenters. The molecule has 2 aliphatic rings. The number of aromatic nitrogens is 1. The Hall–Kier alpha value is -3.17. The lowest BCUT2D eigenvalue weighted by molar-refractivity contribution is -0.158. The topological polar surface area (TPSA) is 106 Å². The third-order valence-corrected chi connectivity index (χ3v) is 7.76. The van der Waals surface area contributed by atoms with E-state index >= 15 is 0 Å². The van der Waals surface area contributed by atoms with Gasteiger partial charge in [-0.1, -0.05) is 59.1 Å². The molecule has 0 spiro atoms. The monoisotopic (exact) mass is 552 g/mol. The molecule has 1 aromatic heterocycles. The average molecular weight is 553 g/mol. The van der Waals surface area contributed by atoms with Crippen LogP contribution in [0.4, 0.5) is 0 Å². The largest absolute Gasteiger partial charge is 0.356 e. The normalized spacial score (nSPS) is 19.4. The number of nitrogens with zero attached hydrogens (tertiary/aromatic N) is 2. The summed E-state index contributed by atoms with van der Waals surface area (Å²) in [6, 6.07) is 15.1. The predicted molar refractivity (Wildman–Crippen MR) is 138 cm³/mol. The number of piperazine rings is 1. The molecule has 3 aromatic rings. The van der Waals surface area contributed by atoms with E-state index in [-0.39, 0.29) is 36.7 Å². The zero-order chi connectivity index (χ0) is 25.2. The van der Waals surface area contributed by atoms with Crippen molar-refractivity contribution in [3.05, 3.63) is 69.8 Å². The van der Waals surface area contributed by atoms with Gasteiger partial charge in [-0.05, 0) is 42.2 Å². The second-order valence-corrected chi connectivity index (χ2v) is 10.4. The van der Waals surface area contributed by atoms with Crippen LogP contribution in [-0.4, -0.2) is 56.8 Å². The van der Waals surface area contributed by atoms with Gasteiger partial charge >= 0.3 is 0 Å². The summed E-state index contributed by atoms with van der Waals surface area (Å²) in [7, 11) is 0. The van der Waals surface area contributed by atoms with Crippen molar-refractivity contribution in [2.75, 3.05) is 13.1 Å². The molecule has 36 heavy (non-hydrogen) atoms. The molecule has 1 saturated heterocycles. The average Bonchev–Trinajstić information content (AvgIpc) is 3.26. The minimum atomic E-state index is -0.542. The van der Waals surface area contributed by atoms with E-state index in [1.54, 1.807) is 15.3 Å². The fourth-order valence-corrected chi connectivity index (χ4v) is 5.77. The van der Waals surface area contributed by atoms with Crippen molar-refractivity contribution in [1.29, 1.82) is 0 Å². The molecule has 188 valence electrons. The van der Waals surface area contributed by atoms with Gasteiger partial charge in [0.25, 0.3) is 0 Å². The van der Waals surface area contributed by atoms with E-state index in [4.69, 9.17) is 5.21 Å². The van der Waals surface area contributed by atoms with Gasteiger partial charge in [-0.25, -0.2) is 5.48 Å². The van der Waals surface area contributed by atoms with Crippen molar-refractivity contribution in [3.63, 3.8) is 0 Å². The van der Waals surface area contributed by atoms with Crippen LogP contribution in [0.5, 0.6) is 0 Å². The molecule has 9 heteroatoms. The van der Waals surface area contributed by atoms with Crippen LogP contribution in [0.25, 0.3) is 10.9 Å². The SMILES string of the molecule is O=C(CCCCCCN1CC(=O)N2[C@H](c3ccc(Br)cc3)c3[nH]c4ccccc4c3C[C@@H]2C1=O)NO. The molecule has 3 heterocycles. The van der Waals surface area contributed by atoms with Gasteiger partial charge in [0.1, 0.15) is 6.04 Å². The highest BCUT2D eigenvalue weighted by Crippen LogP contribution is 2.42. The van der Waals surface area contributed by atoms with Gasteiger partial charge in [-0.2, -0.15) is 0 Å². The third kappa shape index (κ3) is 4.65. The summed E-state index contributed by atoms with van der Waals surface area (Å²) in [5, 5.41) is 9.68. The zero-order valence-corrected chi connectivity index (χ0v) is 21.5. The van der Waals surface area contributed by atoms with Gasteiger partial charge in [0.05, 0.1) is 12.6 Å². The Balaban J connectivity index is 1.38. The second kappa shape index (κ2) is 10.4. The fraction of sp³-hybridized carbons (Fsp3) is 0.370. The minimum Gasteiger partial charge on any atom is -0.356 e. The Bertz CT molecular complexity index is 1290. The number of H-pyrrole nitrogens is 1. The lowest BCUT2D eigenvalue weighted by Gasteiger charge is -2.47. The summed E-state index contributed by atoms with van der Waals surface area (Å²) in [5.41, 5.74) is 5.70. The molecular weight excluding hydrogens is 524 g/mol. The van der Waals surface area contributed by atoms with Crippen molar-refractivity contribution in [3.8, 4) is 0 Å². The van der Waals surface area contributed by atoms with Crippen molar-refractivity contribution >= 4 is 44.6 Å². The van der Waals surface area contributed by atoms with Crippen molar-refractivity contribution < 1.29 is 19.6 Å². The van der Waals surface area contributed by atoms with E-state index in [1.807, 2.05) is 42.5 Å². The first-order valence-corrected chi connectivity index (χ1v) is 13.1. The number of nitrogens with one attached hydrogen (secondary N) is 2. The fourth-order valence-electron chi connectivity index (χ4n) is 5.50. The van der Waals surface area contributed by atoms with Gasteiger partial charge in [-0.3, -0.25) is 19.6 Å². The van der Waals surface area contributed by atoms with Crippen LogP contribution in [0.1, 0.15) is 55.0 Å². The van der Waals surface area contributed by atoms with Crippen LogP contribution in [-0.2, 0) is 20.8 Å². The number of fused-ring (bicyclic) bond motifs is 4. The Morgan fingerprint density at radius 3 is 2.58 bits per heavy atom. The third-order valence-electron chi connectivity index (χ3n) is 7.23. The van der Waals surface area contributed by atoms with Crippen LogP contribution < -0.4 is 5.48 Å².